The van der Waals surface area contributed by atoms with Crippen LogP contribution in [0.1, 0.15) is 22.6 Å². The third-order valence-electron chi connectivity index (χ3n) is 3.86. The van der Waals surface area contributed by atoms with Crippen LogP contribution in [0.25, 0.3) is 0 Å². The van der Waals surface area contributed by atoms with Gasteiger partial charge in [0.1, 0.15) is 0 Å². The number of rotatable bonds is 5. The monoisotopic (exact) mass is 304 g/mol. The molecule has 0 aromatic heterocycles. The van der Waals surface area contributed by atoms with Gasteiger partial charge < -0.3 is 14.6 Å². The zero-order chi connectivity index (χ0) is 14.8. The minimum atomic E-state index is -0.0770. The molecular formula is C17H17ClO3. The van der Waals surface area contributed by atoms with Gasteiger partial charge in [0.05, 0.1) is 25.3 Å². The molecule has 2 aromatic carbocycles. The van der Waals surface area contributed by atoms with E-state index >= 15 is 0 Å². The van der Waals surface area contributed by atoms with Crippen molar-refractivity contribution >= 4 is 11.6 Å². The Kier molecular flexibility index (Phi) is 4.04. The van der Waals surface area contributed by atoms with Gasteiger partial charge in [-0.25, -0.2) is 0 Å². The van der Waals surface area contributed by atoms with Crippen molar-refractivity contribution < 1.29 is 14.6 Å². The Morgan fingerprint density at radius 3 is 2.81 bits per heavy atom. The normalized spacial score (nSPS) is 16.0. The van der Waals surface area contributed by atoms with E-state index in [0.29, 0.717) is 34.6 Å². The summed E-state index contributed by atoms with van der Waals surface area (Å²) in [6, 6.07) is 11.8. The molecule has 0 fully saturated rings. The molecule has 4 heteroatoms. The molecule has 1 aliphatic carbocycles. The van der Waals surface area contributed by atoms with E-state index in [2.05, 4.69) is 24.3 Å². The predicted molar refractivity (Wildman–Crippen MR) is 82.3 cm³/mol. The molecule has 110 valence electrons. The van der Waals surface area contributed by atoms with Crippen molar-refractivity contribution in [2.45, 2.75) is 18.9 Å². The van der Waals surface area contributed by atoms with E-state index in [9.17, 15) is 5.11 Å². The van der Waals surface area contributed by atoms with Gasteiger partial charge in [-0.05, 0) is 35.2 Å². The summed E-state index contributed by atoms with van der Waals surface area (Å²) in [6.07, 6.45) is 1.03. The summed E-state index contributed by atoms with van der Waals surface area (Å²) in [4.78, 5) is 0. The molecule has 0 bridgehead atoms. The summed E-state index contributed by atoms with van der Waals surface area (Å²) >= 11 is 6.22. The second-order valence-electron chi connectivity index (χ2n) is 5.18. The van der Waals surface area contributed by atoms with Gasteiger partial charge in [0.25, 0.3) is 0 Å². The minimum Gasteiger partial charge on any atom is -0.493 e. The lowest BCUT2D eigenvalue weighted by Gasteiger charge is -2.30. The van der Waals surface area contributed by atoms with Crippen LogP contribution >= 0.6 is 11.6 Å². The highest BCUT2D eigenvalue weighted by molar-refractivity contribution is 6.32. The zero-order valence-corrected chi connectivity index (χ0v) is 12.6. The number of methoxy groups -OCH3 is 1. The standard InChI is InChI=1S/C17H17ClO3/c1-20-16-7-11(9-19)6-15(18)17(16)21-10-13-8-12-4-2-3-5-14(12)13/h2-7,13,19H,8-10H2,1H3. The Hall–Kier alpha value is -1.71. The molecule has 0 spiro atoms. The second-order valence-corrected chi connectivity index (χ2v) is 5.59. The van der Waals surface area contributed by atoms with Crippen LogP contribution in [0.5, 0.6) is 11.5 Å². The van der Waals surface area contributed by atoms with Crippen molar-refractivity contribution in [2.75, 3.05) is 13.7 Å². The van der Waals surface area contributed by atoms with Gasteiger partial charge >= 0.3 is 0 Å². The first-order valence-electron chi connectivity index (χ1n) is 6.90. The van der Waals surface area contributed by atoms with Gasteiger partial charge in [0.2, 0.25) is 0 Å². The third kappa shape index (κ3) is 2.71. The van der Waals surface area contributed by atoms with Gasteiger partial charge in [0.15, 0.2) is 11.5 Å². The first kappa shape index (κ1) is 14.2. The quantitative estimate of drug-likeness (QED) is 0.918. The summed E-state index contributed by atoms with van der Waals surface area (Å²) in [5.74, 6) is 1.50. The van der Waals surface area contributed by atoms with E-state index in [4.69, 9.17) is 21.1 Å². The van der Waals surface area contributed by atoms with Crippen LogP contribution in [0.4, 0.5) is 0 Å². The number of hydrogen-bond donors (Lipinski definition) is 1. The van der Waals surface area contributed by atoms with Crippen molar-refractivity contribution in [1.82, 2.24) is 0 Å². The molecule has 1 aliphatic rings. The van der Waals surface area contributed by atoms with Crippen LogP contribution in [0.15, 0.2) is 36.4 Å². The molecule has 0 saturated carbocycles. The first-order chi connectivity index (χ1) is 10.2. The van der Waals surface area contributed by atoms with Gasteiger partial charge in [-0.2, -0.15) is 0 Å². The van der Waals surface area contributed by atoms with Crippen LogP contribution in [-0.4, -0.2) is 18.8 Å². The highest BCUT2D eigenvalue weighted by Crippen LogP contribution is 2.39. The highest BCUT2D eigenvalue weighted by atomic mass is 35.5. The highest BCUT2D eigenvalue weighted by Gasteiger charge is 2.26. The summed E-state index contributed by atoms with van der Waals surface area (Å²) < 4.78 is 11.2. The van der Waals surface area contributed by atoms with Crippen molar-refractivity contribution in [1.29, 1.82) is 0 Å². The average Bonchev–Trinajstić information content (AvgIpc) is 2.48. The molecule has 21 heavy (non-hydrogen) atoms. The molecule has 0 aliphatic heterocycles. The fourth-order valence-electron chi connectivity index (χ4n) is 2.70. The van der Waals surface area contributed by atoms with Gasteiger partial charge in [-0.1, -0.05) is 35.9 Å². The maximum absolute atomic E-state index is 9.19. The molecule has 0 amide bonds. The van der Waals surface area contributed by atoms with Gasteiger partial charge in [0, 0.05) is 5.92 Å². The number of ether oxygens (including phenoxy) is 2. The third-order valence-corrected chi connectivity index (χ3v) is 4.14. The van der Waals surface area contributed by atoms with Crippen molar-refractivity contribution in [2.24, 2.45) is 0 Å². The van der Waals surface area contributed by atoms with Crippen LogP contribution in [0.2, 0.25) is 5.02 Å². The van der Waals surface area contributed by atoms with Crippen LogP contribution in [-0.2, 0) is 13.0 Å². The average molecular weight is 305 g/mol. The molecule has 3 nitrogen and oxygen atoms in total. The number of fused-ring (bicyclic) bond motifs is 1. The Bertz CT molecular complexity index is 654. The Morgan fingerprint density at radius 2 is 2.10 bits per heavy atom. The van der Waals surface area contributed by atoms with Gasteiger partial charge in [-0.15, -0.1) is 0 Å². The van der Waals surface area contributed by atoms with Gasteiger partial charge in [-0.3, -0.25) is 0 Å². The molecule has 0 saturated heterocycles. The van der Waals surface area contributed by atoms with Crippen LogP contribution < -0.4 is 9.47 Å². The first-order valence-corrected chi connectivity index (χ1v) is 7.28. The summed E-state index contributed by atoms with van der Waals surface area (Å²) in [5, 5.41) is 9.66. The smallest absolute Gasteiger partial charge is 0.179 e. The molecule has 1 N–H and O–H groups in total. The molecule has 1 unspecified atom stereocenters. The number of benzene rings is 2. The molecule has 0 radical (unpaired) electrons. The minimum absolute atomic E-state index is 0.0770. The second kappa shape index (κ2) is 5.96. The number of halogens is 1. The number of aliphatic hydroxyl groups is 1. The maximum atomic E-state index is 9.19. The van der Waals surface area contributed by atoms with E-state index in [0.717, 1.165) is 6.42 Å². The SMILES string of the molecule is COc1cc(CO)cc(Cl)c1OCC1Cc2ccccc21. The molecular weight excluding hydrogens is 288 g/mol. The fourth-order valence-corrected chi connectivity index (χ4v) is 2.99. The van der Waals surface area contributed by atoms with E-state index in [-0.39, 0.29) is 6.61 Å². The Balaban J connectivity index is 1.74. The lowest BCUT2D eigenvalue weighted by Crippen LogP contribution is -2.23. The predicted octanol–water partition coefficient (Wildman–Crippen LogP) is 3.56. The summed E-state index contributed by atoms with van der Waals surface area (Å²) in [6.45, 7) is 0.498. The van der Waals surface area contributed by atoms with E-state index in [1.54, 1.807) is 19.2 Å². The lowest BCUT2D eigenvalue weighted by atomic mass is 9.78. The lowest BCUT2D eigenvalue weighted by molar-refractivity contribution is 0.258. The van der Waals surface area contributed by atoms with Crippen LogP contribution in [0.3, 0.4) is 0 Å². The van der Waals surface area contributed by atoms with E-state index in [1.165, 1.54) is 11.1 Å². The maximum Gasteiger partial charge on any atom is 0.179 e. The summed E-state index contributed by atoms with van der Waals surface area (Å²) in [7, 11) is 1.57. The zero-order valence-electron chi connectivity index (χ0n) is 11.8. The molecule has 2 aromatic rings. The number of aliphatic hydroxyl groups excluding tert-OH is 1. The largest absolute Gasteiger partial charge is 0.493 e. The Labute approximate surface area is 129 Å². The molecule has 3 rings (SSSR count). The van der Waals surface area contributed by atoms with E-state index < -0.39 is 0 Å². The van der Waals surface area contributed by atoms with Crippen molar-refractivity contribution in [3.8, 4) is 11.5 Å². The molecule has 0 heterocycles. The fraction of sp³-hybridized carbons (Fsp3) is 0.294. The topological polar surface area (TPSA) is 38.7 Å². The number of hydrogen-bond acceptors (Lipinski definition) is 3. The van der Waals surface area contributed by atoms with Crippen molar-refractivity contribution in [3.05, 3.63) is 58.1 Å². The van der Waals surface area contributed by atoms with E-state index in [1.807, 2.05) is 0 Å². The Morgan fingerprint density at radius 1 is 1.29 bits per heavy atom. The van der Waals surface area contributed by atoms with Crippen LogP contribution in [0, 0.1) is 0 Å². The molecule has 1 atom stereocenters. The summed E-state index contributed by atoms with van der Waals surface area (Å²) in [5.41, 5.74) is 3.44. The van der Waals surface area contributed by atoms with Crippen molar-refractivity contribution in [3.63, 3.8) is 0 Å².